The lowest BCUT2D eigenvalue weighted by molar-refractivity contribution is 0.0491. The number of methoxy groups -OCH3 is 1. The molecule has 19 heavy (non-hydrogen) atoms. The molecule has 1 atom stereocenters. The Morgan fingerprint density at radius 1 is 1.37 bits per heavy atom. The highest BCUT2D eigenvalue weighted by atomic mass is 16.5. The Labute approximate surface area is 114 Å². The number of benzene rings is 1. The van der Waals surface area contributed by atoms with Gasteiger partial charge in [0.1, 0.15) is 0 Å². The van der Waals surface area contributed by atoms with E-state index in [0.29, 0.717) is 12.2 Å². The molecule has 1 aromatic carbocycles. The van der Waals surface area contributed by atoms with Crippen molar-refractivity contribution in [3.05, 3.63) is 33.9 Å². The van der Waals surface area contributed by atoms with Gasteiger partial charge >= 0.3 is 0 Å². The number of hydrogen-bond donors (Lipinski definition) is 1. The van der Waals surface area contributed by atoms with Crippen LogP contribution in [-0.4, -0.2) is 24.6 Å². The van der Waals surface area contributed by atoms with Gasteiger partial charge in [-0.05, 0) is 56.4 Å². The lowest BCUT2D eigenvalue weighted by atomic mass is 9.86. The van der Waals surface area contributed by atoms with Gasteiger partial charge in [-0.25, -0.2) is 0 Å². The summed E-state index contributed by atoms with van der Waals surface area (Å²) in [6.07, 6.45) is 0.0921. The van der Waals surface area contributed by atoms with E-state index in [1.165, 1.54) is 5.56 Å². The molecule has 0 aliphatic heterocycles. The highest BCUT2D eigenvalue weighted by Crippen LogP contribution is 2.47. The number of aryl methyl sites for hydroxylation is 1. The number of hydrogen-bond acceptors (Lipinski definition) is 3. The van der Waals surface area contributed by atoms with Crippen molar-refractivity contribution in [3.63, 3.8) is 0 Å². The molecule has 0 radical (unpaired) electrons. The zero-order valence-corrected chi connectivity index (χ0v) is 12.3. The molecule has 0 spiro atoms. The summed E-state index contributed by atoms with van der Waals surface area (Å²) < 4.78 is 5.13. The highest BCUT2D eigenvalue weighted by molar-refractivity contribution is 6.06. The van der Waals surface area contributed by atoms with Crippen molar-refractivity contribution in [2.75, 3.05) is 13.7 Å². The third-order valence-corrected chi connectivity index (χ3v) is 4.31. The molecule has 0 heterocycles. The second-order valence-corrected chi connectivity index (χ2v) is 5.96. The number of carbonyl (C=O) groups excluding carboxylic acids is 1. The van der Waals surface area contributed by atoms with E-state index in [0.717, 1.165) is 23.1 Å². The van der Waals surface area contributed by atoms with Crippen LogP contribution in [0.3, 0.4) is 0 Å². The Kier molecular flexibility index (Phi) is 3.54. The maximum Gasteiger partial charge on any atom is 0.172 e. The standard InChI is InChI=1S/C16H22O3/c1-9-8-12-13(10(2)11(9)6-7-19-5)15(18)16(3,4)14(12)17/h8,14,17H,6-7H2,1-5H3. The summed E-state index contributed by atoms with van der Waals surface area (Å²) in [7, 11) is 1.68. The second kappa shape index (κ2) is 4.73. The van der Waals surface area contributed by atoms with Crippen molar-refractivity contribution < 1.29 is 14.6 Å². The molecule has 0 amide bonds. The highest BCUT2D eigenvalue weighted by Gasteiger charge is 2.46. The molecule has 2 rings (SSSR count). The fourth-order valence-corrected chi connectivity index (χ4v) is 3.00. The fourth-order valence-electron chi connectivity index (χ4n) is 3.00. The Hall–Kier alpha value is -1.19. The number of carbonyl (C=O) groups is 1. The summed E-state index contributed by atoms with van der Waals surface area (Å²) in [6.45, 7) is 8.26. The van der Waals surface area contributed by atoms with Crippen molar-refractivity contribution in [3.8, 4) is 0 Å². The van der Waals surface area contributed by atoms with Gasteiger partial charge in [0.25, 0.3) is 0 Å². The Bertz CT molecular complexity index is 529. The van der Waals surface area contributed by atoms with E-state index in [-0.39, 0.29) is 5.78 Å². The van der Waals surface area contributed by atoms with Crippen molar-refractivity contribution in [1.82, 2.24) is 0 Å². The first-order valence-corrected chi connectivity index (χ1v) is 6.67. The van der Waals surface area contributed by atoms with E-state index in [9.17, 15) is 9.90 Å². The van der Waals surface area contributed by atoms with Crippen LogP contribution in [0.4, 0.5) is 0 Å². The number of ketones is 1. The van der Waals surface area contributed by atoms with Crippen LogP contribution in [0.1, 0.15) is 52.6 Å². The first kappa shape index (κ1) is 14.2. The largest absolute Gasteiger partial charge is 0.387 e. The summed E-state index contributed by atoms with van der Waals surface area (Å²) in [6, 6.07) is 1.96. The quantitative estimate of drug-likeness (QED) is 0.911. The molecule has 0 fully saturated rings. The monoisotopic (exact) mass is 262 g/mol. The predicted octanol–water partition coefficient (Wildman–Crippen LogP) is 2.75. The molecular formula is C16H22O3. The molecule has 1 N–H and O–H groups in total. The van der Waals surface area contributed by atoms with Crippen LogP contribution in [0.25, 0.3) is 0 Å². The molecule has 0 saturated carbocycles. The molecule has 0 saturated heterocycles. The first-order chi connectivity index (χ1) is 8.82. The zero-order valence-electron chi connectivity index (χ0n) is 12.3. The van der Waals surface area contributed by atoms with Gasteiger partial charge in [-0.2, -0.15) is 0 Å². The van der Waals surface area contributed by atoms with Gasteiger partial charge in [-0.3, -0.25) is 4.79 Å². The minimum Gasteiger partial charge on any atom is -0.387 e. The Morgan fingerprint density at radius 2 is 2.00 bits per heavy atom. The maximum atomic E-state index is 12.5. The molecule has 1 aliphatic carbocycles. The van der Waals surface area contributed by atoms with Gasteiger partial charge in [0.15, 0.2) is 5.78 Å². The van der Waals surface area contributed by atoms with E-state index in [1.54, 1.807) is 7.11 Å². The van der Waals surface area contributed by atoms with Crippen LogP contribution in [-0.2, 0) is 11.2 Å². The molecule has 1 aromatic rings. The van der Waals surface area contributed by atoms with Crippen molar-refractivity contribution in [1.29, 1.82) is 0 Å². The van der Waals surface area contributed by atoms with Crippen LogP contribution >= 0.6 is 0 Å². The lowest BCUT2D eigenvalue weighted by Gasteiger charge is -2.20. The Morgan fingerprint density at radius 3 is 2.58 bits per heavy atom. The smallest absolute Gasteiger partial charge is 0.172 e. The SMILES string of the molecule is COCCc1c(C)cc2c(c1C)C(=O)C(C)(C)C2O. The number of aliphatic hydroxyl groups is 1. The minimum absolute atomic E-state index is 0.0474. The van der Waals surface area contributed by atoms with Crippen LogP contribution in [0.15, 0.2) is 6.07 Å². The van der Waals surface area contributed by atoms with Gasteiger partial charge < -0.3 is 9.84 Å². The maximum absolute atomic E-state index is 12.5. The number of fused-ring (bicyclic) bond motifs is 1. The second-order valence-electron chi connectivity index (χ2n) is 5.96. The molecule has 0 bridgehead atoms. The van der Waals surface area contributed by atoms with Gasteiger partial charge in [0.05, 0.1) is 18.1 Å². The van der Waals surface area contributed by atoms with Crippen LogP contribution in [0.5, 0.6) is 0 Å². The van der Waals surface area contributed by atoms with Gasteiger partial charge in [0.2, 0.25) is 0 Å². The number of aliphatic hydroxyl groups excluding tert-OH is 1. The topological polar surface area (TPSA) is 46.5 Å². The third-order valence-electron chi connectivity index (χ3n) is 4.31. The van der Waals surface area contributed by atoms with Crippen molar-refractivity contribution in [2.45, 2.75) is 40.2 Å². The summed E-state index contributed by atoms with van der Waals surface area (Å²) in [4.78, 5) is 12.5. The number of Topliss-reactive ketones (excluding diaryl/α,β-unsaturated/α-hetero) is 1. The third kappa shape index (κ3) is 2.01. The normalized spacial score (nSPS) is 20.7. The molecule has 3 nitrogen and oxygen atoms in total. The van der Waals surface area contributed by atoms with Gasteiger partial charge in [-0.1, -0.05) is 6.07 Å². The van der Waals surface area contributed by atoms with E-state index in [1.807, 2.05) is 33.8 Å². The van der Waals surface area contributed by atoms with E-state index in [4.69, 9.17) is 4.74 Å². The molecule has 3 heteroatoms. The summed E-state index contributed by atoms with van der Waals surface area (Å²) in [5.74, 6) is 0.0474. The molecule has 104 valence electrons. The number of rotatable bonds is 3. The van der Waals surface area contributed by atoms with Crippen molar-refractivity contribution in [2.24, 2.45) is 5.41 Å². The zero-order chi connectivity index (χ0) is 14.4. The average molecular weight is 262 g/mol. The van der Waals surface area contributed by atoms with Crippen molar-refractivity contribution >= 4 is 5.78 Å². The van der Waals surface area contributed by atoms with Gasteiger partial charge in [-0.15, -0.1) is 0 Å². The molecule has 1 aliphatic rings. The van der Waals surface area contributed by atoms with Crippen LogP contribution in [0.2, 0.25) is 0 Å². The summed E-state index contributed by atoms with van der Waals surface area (Å²) >= 11 is 0. The minimum atomic E-state index is -0.723. The molecule has 1 unspecified atom stereocenters. The predicted molar refractivity (Wildman–Crippen MR) is 74.6 cm³/mol. The summed E-state index contributed by atoms with van der Waals surface area (Å²) in [5.41, 5.74) is 4.07. The average Bonchev–Trinajstić information content (AvgIpc) is 2.51. The summed E-state index contributed by atoms with van der Waals surface area (Å²) in [5, 5.41) is 10.3. The molecule has 0 aromatic heterocycles. The van der Waals surface area contributed by atoms with E-state index in [2.05, 4.69) is 0 Å². The fraction of sp³-hybridized carbons (Fsp3) is 0.562. The Balaban J connectivity index is 2.59. The lowest BCUT2D eigenvalue weighted by Crippen LogP contribution is -2.23. The first-order valence-electron chi connectivity index (χ1n) is 6.67. The number of ether oxygens (including phenoxy) is 1. The molecular weight excluding hydrogens is 240 g/mol. The van der Waals surface area contributed by atoms with E-state index >= 15 is 0 Å². The van der Waals surface area contributed by atoms with Crippen LogP contribution < -0.4 is 0 Å². The van der Waals surface area contributed by atoms with Crippen LogP contribution in [0, 0.1) is 19.3 Å². The van der Waals surface area contributed by atoms with E-state index < -0.39 is 11.5 Å². The van der Waals surface area contributed by atoms with Gasteiger partial charge in [0, 0.05) is 12.7 Å².